The third-order valence-electron chi connectivity index (χ3n) is 7.20. The van der Waals surface area contributed by atoms with Crippen molar-refractivity contribution in [3.8, 4) is 11.5 Å². The predicted molar refractivity (Wildman–Crippen MR) is 135 cm³/mol. The molecule has 0 radical (unpaired) electrons. The number of anilines is 2. The number of carbonyl (C=O) groups is 1. The lowest BCUT2D eigenvalue weighted by atomic mass is 10.0. The van der Waals surface area contributed by atoms with Crippen LogP contribution in [0.1, 0.15) is 37.8 Å². The minimum atomic E-state index is 0.0329. The van der Waals surface area contributed by atoms with Crippen LogP contribution in [0.5, 0.6) is 11.5 Å². The first-order valence-electron chi connectivity index (χ1n) is 12.7. The largest absolute Gasteiger partial charge is 0.490 e. The van der Waals surface area contributed by atoms with Crippen molar-refractivity contribution in [1.29, 1.82) is 0 Å². The fourth-order valence-electron chi connectivity index (χ4n) is 5.24. The maximum Gasteiger partial charge on any atom is 0.238 e. The number of hydrogen-bond donors (Lipinski definition) is 1. The van der Waals surface area contributed by atoms with Crippen LogP contribution in [0.25, 0.3) is 0 Å². The third-order valence-corrected chi connectivity index (χ3v) is 7.20. The highest BCUT2D eigenvalue weighted by Gasteiger charge is 2.28. The molecule has 2 fully saturated rings. The zero-order valence-corrected chi connectivity index (χ0v) is 20.2. The Hall–Kier alpha value is -2.77. The highest BCUT2D eigenvalue weighted by Crippen LogP contribution is 2.37. The summed E-state index contributed by atoms with van der Waals surface area (Å²) in [7, 11) is 0. The molecule has 0 bridgehead atoms. The third kappa shape index (κ3) is 5.31. The Kier molecular flexibility index (Phi) is 7.21. The quantitative estimate of drug-likeness (QED) is 0.703. The SMILES string of the molecule is CCN1CCN(c2ccc(NC(=O)CN3CCCC3c3ccc4c(c3)OCCCO4)cc2)CC1. The molecule has 5 rings (SSSR count). The van der Waals surface area contributed by atoms with Crippen molar-refractivity contribution >= 4 is 17.3 Å². The van der Waals surface area contributed by atoms with Gasteiger partial charge >= 0.3 is 0 Å². The van der Waals surface area contributed by atoms with Crippen LogP contribution in [0, 0.1) is 0 Å². The zero-order chi connectivity index (χ0) is 23.3. The summed E-state index contributed by atoms with van der Waals surface area (Å²) in [5.41, 5.74) is 3.28. The van der Waals surface area contributed by atoms with E-state index in [2.05, 4.69) is 51.2 Å². The number of piperazine rings is 1. The van der Waals surface area contributed by atoms with E-state index in [1.807, 2.05) is 18.2 Å². The summed E-state index contributed by atoms with van der Waals surface area (Å²) in [4.78, 5) is 20.0. The van der Waals surface area contributed by atoms with Gasteiger partial charge in [0.2, 0.25) is 5.91 Å². The summed E-state index contributed by atoms with van der Waals surface area (Å²) in [5.74, 6) is 1.67. The summed E-state index contributed by atoms with van der Waals surface area (Å²) < 4.78 is 11.7. The first-order chi connectivity index (χ1) is 16.7. The van der Waals surface area contributed by atoms with Gasteiger partial charge in [0.05, 0.1) is 19.8 Å². The second kappa shape index (κ2) is 10.7. The molecule has 1 atom stereocenters. The van der Waals surface area contributed by atoms with Crippen LogP contribution >= 0.6 is 0 Å². The number of carbonyl (C=O) groups excluding carboxylic acids is 1. The van der Waals surface area contributed by atoms with E-state index in [0.29, 0.717) is 19.8 Å². The van der Waals surface area contributed by atoms with Crippen molar-refractivity contribution in [2.45, 2.75) is 32.2 Å². The molecule has 3 heterocycles. The van der Waals surface area contributed by atoms with Crippen molar-refractivity contribution in [2.75, 3.05) is 69.2 Å². The Labute approximate surface area is 202 Å². The summed E-state index contributed by atoms with van der Waals surface area (Å²) in [5, 5.41) is 3.09. The normalized spacial score (nSPS) is 21.3. The molecule has 1 amide bonds. The van der Waals surface area contributed by atoms with Crippen LogP contribution in [-0.2, 0) is 4.79 Å². The van der Waals surface area contributed by atoms with E-state index in [-0.39, 0.29) is 11.9 Å². The number of amides is 1. The Bertz CT molecular complexity index is 972. The van der Waals surface area contributed by atoms with Crippen LogP contribution in [0.4, 0.5) is 11.4 Å². The van der Waals surface area contributed by atoms with Crippen molar-refractivity contribution < 1.29 is 14.3 Å². The molecular formula is C27H36N4O3. The first kappa shape index (κ1) is 23.0. The highest BCUT2D eigenvalue weighted by molar-refractivity contribution is 5.92. The number of nitrogens with one attached hydrogen (secondary N) is 1. The van der Waals surface area contributed by atoms with Crippen LogP contribution in [0.3, 0.4) is 0 Å². The van der Waals surface area contributed by atoms with Gasteiger partial charge in [-0.2, -0.15) is 0 Å². The van der Waals surface area contributed by atoms with Crippen LogP contribution in [-0.4, -0.2) is 74.7 Å². The molecule has 0 saturated carbocycles. The van der Waals surface area contributed by atoms with E-state index >= 15 is 0 Å². The van der Waals surface area contributed by atoms with Gasteiger partial charge in [-0.3, -0.25) is 9.69 Å². The summed E-state index contributed by atoms with van der Waals surface area (Å²) >= 11 is 0. The first-order valence-corrected chi connectivity index (χ1v) is 12.7. The molecule has 2 aromatic rings. The van der Waals surface area contributed by atoms with Gasteiger partial charge in [0.15, 0.2) is 11.5 Å². The van der Waals surface area contributed by atoms with E-state index < -0.39 is 0 Å². The highest BCUT2D eigenvalue weighted by atomic mass is 16.5. The molecule has 1 N–H and O–H groups in total. The number of likely N-dealkylation sites (tertiary alicyclic amines) is 1. The van der Waals surface area contributed by atoms with Gasteiger partial charge in [-0.1, -0.05) is 13.0 Å². The molecule has 7 nitrogen and oxygen atoms in total. The van der Waals surface area contributed by atoms with Crippen molar-refractivity contribution in [3.05, 3.63) is 48.0 Å². The number of rotatable bonds is 6. The molecule has 1 unspecified atom stereocenters. The van der Waals surface area contributed by atoms with Crippen molar-refractivity contribution in [1.82, 2.24) is 9.80 Å². The minimum absolute atomic E-state index is 0.0329. The molecule has 34 heavy (non-hydrogen) atoms. The second-order valence-corrected chi connectivity index (χ2v) is 9.40. The second-order valence-electron chi connectivity index (χ2n) is 9.40. The molecular weight excluding hydrogens is 428 g/mol. The summed E-state index contributed by atoms with van der Waals surface area (Å²) in [6.07, 6.45) is 3.04. The van der Waals surface area contributed by atoms with Crippen molar-refractivity contribution in [3.63, 3.8) is 0 Å². The number of hydrogen-bond acceptors (Lipinski definition) is 6. The van der Waals surface area contributed by atoms with Gasteiger partial charge in [0.1, 0.15) is 0 Å². The Balaban J connectivity index is 1.17. The minimum Gasteiger partial charge on any atom is -0.490 e. The fraction of sp³-hybridized carbons (Fsp3) is 0.519. The van der Waals surface area contributed by atoms with E-state index in [0.717, 1.165) is 75.7 Å². The average molecular weight is 465 g/mol. The lowest BCUT2D eigenvalue weighted by Gasteiger charge is -2.35. The Morgan fingerprint density at radius 1 is 0.941 bits per heavy atom. The van der Waals surface area contributed by atoms with Gasteiger partial charge in [-0.25, -0.2) is 0 Å². The van der Waals surface area contributed by atoms with Gasteiger partial charge in [-0.15, -0.1) is 0 Å². The Morgan fingerprint density at radius 3 is 2.47 bits per heavy atom. The average Bonchev–Trinajstić information content (AvgIpc) is 3.19. The maximum absolute atomic E-state index is 12.9. The Morgan fingerprint density at radius 2 is 1.71 bits per heavy atom. The molecule has 3 aliphatic rings. The van der Waals surface area contributed by atoms with E-state index in [1.54, 1.807) is 0 Å². The van der Waals surface area contributed by atoms with Gasteiger partial charge in [0, 0.05) is 50.0 Å². The van der Waals surface area contributed by atoms with Crippen LogP contribution in [0.2, 0.25) is 0 Å². The van der Waals surface area contributed by atoms with E-state index in [1.165, 1.54) is 11.3 Å². The number of likely N-dealkylation sites (N-methyl/N-ethyl adjacent to an activating group) is 1. The molecule has 0 spiro atoms. The van der Waals surface area contributed by atoms with Gasteiger partial charge in [0.25, 0.3) is 0 Å². The van der Waals surface area contributed by atoms with Crippen molar-refractivity contribution in [2.24, 2.45) is 0 Å². The standard InChI is InChI=1S/C27H36N4O3/c1-2-29-13-15-30(16-14-29)23-9-7-22(8-10-23)28-27(32)20-31-12-3-5-24(31)21-6-11-25-26(19-21)34-18-4-17-33-25/h6-11,19,24H,2-5,12-18,20H2,1H3,(H,28,32). The molecule has 7 heteroatoms. The molecule has 182 valence electrons. The topological polar surface area (TPSA) is 57.3 Å². The van der Waals surface area contributed by atoms with Crippen LogP contribution in [0.15, 0.2) is 42.5 Å². The molecule has 2 saturated heterocycles. The smallest absolute Gasteiger partial charge is 0.238 e. The van der Waals surface area contributed by atoms with Gasteiger partial charge in [-0.05, 0) is 67.9 Å². The lowest BCUT2D eigenvalue weighted by molar-refractivity contribution is -0.117. The maximum atomic E-state index is 12.9. The summed E-state index contributed by atoms with van der Waals surface area (Å²) in [6.45, 7) is 10.3. The number of fused-ring (bicyclic) bond motifs is 1. The molecule has 2 aromatic carbocycles. The number of ether oxygens (including phenoxy) is 2. The lowest BCUT2D eigenvalue weighted by Crippen LogP contribution is -2.46. The molecule has 0 aliphatic carbocycles. The monoisotopic (exact) mass is 464 g/mol. The molecule has 3 aliphatic heterocycles. The zero-order valence-electron chi connectivity index (χ0n) is 20.2. The summed E-state index contributed by atoms with van der Waals surface area (Å²) in [6, 6.07) is 14.7. The fourth-order valence-corrected chi connectivity index (χ4v) is 5.24. The van der Waals surface area contributed by atoms with E-state index in [4.69, 9.17) is 9.47 Å². The van der Waals surface area contributed by atoms with Crippen LogP contribution < -0.4 is 19.7 Å². The van der Waals surface area contributed by atoms with Gasteiger partial charge < -0.3 is 24.6 Å². The number of benzene rings is 2. The van der Waals surface area contributed by atoms with E-state index in [9.17, 15) is 4.79 Å². The number of nitrogens with zero attached hydrogens (tertiary/aromatic N) is 3. The predicted octanol–water partition coefficient (Wildman–Crippen LogP) is 3.77. The molecule has 0 aromatic heterocycles.